The van der Waals surface area contributed by atoms with E-state index in [-0.39, 0.29) is 19.4 Å². The highest BCUT2D eigenvalue weighted by Crippen LogP contribution is 2.26. The molecule has 0 radical (unpaired) electrons. The molecule has 7 nitrogen and oxygen atoms in total. The van der Waals surface area contributed by atoms with E-state index < -0.39 is 33.2 Å². The number of rotatable bonds is 7. The van der Waals surface area contributed by atoms with Crippen molar-refractivity contribution in [1.29, 1.82) is 0 Å². The van der Waals surface area contributed by atoms with Gasteiger partial charge in [-0.05, 0) is 12.8 Å². The maximum Gasteiger partial charge on any atom is 0.319 e. The molecule has 0 bridgehead atoms. The number of carboxylic acid groups (broad SMARTS) is 1. The van der Waals surface area contributed by atoms with Gasteiger partial charge in [0.25, 0.3) is 10.1 Å². The summed E-state index contributed by atoms with van der Waals surface area (Å²) in [6.07, 6.45) is 0.215. The Morgan fingerprint density at radius 3 is 1.52 bits per heavy atom. The van der Waals surface area contributed by atoms with Crippen LogP contribution in [0.1, 0.15) is 68.2 Å². The molecule has 0 rings (SSSR count). The molecule has 0 spiro atoms. The highest BCUT2D eigenvalue weighted by atomic mass is 32.2. The minimum absolute atomic E-state index is 0.108. The van der Waals surface area contributed by atoms with Gasteiger partial charge in [-0.1, -0.05) is 55.4 Å². The fourth-order valence-corrected chi connectivity index (χ4v) is 1.79. The van der Waals surface area contributed by atoms with Crippen LogP contribution < -0.4 is 5.32 Å². The predicted octanol–water partition coefficient (Wildman–Crippen LogP) is 2.96. The van der Waals surface area contributed by atoms with Crippen molar-refractivity contribution in [3.05, 3.63) is 0 Å². The van der Waals surface area contributed by atoms with E-state index in [2.05, 4.69) is 5.32 Å². The van der Waals surface area contributed by atoms with Crippen LogP contribution in [0.2, 0.25) is 0 Å². The first-order valence-corrected chi connectivity index (χ1v) is 9.77. The van der Waals surface area contributed by atoms with Crippen molar-refractivity contribution >= 4 is 22.0 Å². The Balaban J connectivity index is -0.000000267. The van der Waals surface area contributed by atoms with E-state index in [4.69, 9.17) is 9.66 Å². The lowest BCUT2D eigenvalue weighted by Gasteiger charge is -2.25. The van der Waals surface area contributed by atoms with E-state index in [1.165, 1.54) is 0 Å². The number of carbonyl (C=O) groups excluding carboxylic acids is 1. The van der Waals surface area contributed by atoms with Gasteiger partial charge in [0.05, 0.1) is 5.75 Å². The zero-order valence-electron chi connectivity index (χ0n) is 15.8. The number of hydrogen-bond donors (Lipinski definition) is 3. The number of carboxylic acids is 1. The van der Waals surface area contributed by atoms with Gasteiger partial charge in [0.2, 0.25) is 5.91 Å². The van der Waals surface area contributed by atoms with Crippen LogP contribution in [0, 0.1) is 5.41 Å². The first-order valence-electron chi connectivity index (χ1n) is 8.16. The Kier molecular flexibility index (Phi) is 22.3. The number of aliphatic carboxylic acids is 1. The van der Waals surface area contributed by atoms with Crippen LogP contribution in [-0.4, -0.2) is 42.3 Å². The molecule has 142 valence electrons. The Bertz CT molecular complexity index is 389. The summed E-state index contributed by atoms with van der Waals surface area (Å²) in [5, 5.41) is 11.2. The summed E-state index contributed by atoms with van der Waals surface area (Å²) in [5.41, 5.74) is -1.54. The minimum Gasteiger partial charge on any atom is -0.480 e. The van der Waals surface area contributed by atoms with E-state index in [0.29, 0.717) is 0 Å². The molecule has 0 saturated heterocycles. The maximum absolute atomic E-state index is 11.7. The second-order valence-electron chi connectivity index (χ2n) is 3.64. The molecule has 0 aromatic heterocycles. The molecule has 0 aliphatic rings. The number of nitrogens with one attached hydrogen (secondary N) is 1. The lowest BCUT2D eigenvalue weighted by Crippen LogP contribution is -2.47. The fraction of sp³-hybridized carbons (Fsp3) is 0.867. The van der Waals surface area contributed by atoms with Gasteiger partial charge in [-0.2, -0.15) is 8.42 Å². The molecule has 0 aliphatic heterocycles. The molecule has 0 atom stereocenters. The van der Waals surface area contributed by atoms with E-state index in [1.54, 1.807) is 13.8 Å². The third kappa shape index (κ3) is 13.0. The molecule has 3 N–H and O–H groups in total. The monoisotopic (exact) mass is 357 g/mol. The van der Waals surface area contributed by atoms with Gasteiger partial charge >= 0.3 is 5.97 Å². The summed E-state index contributed by atoms with van der Waals surface area (Å²) in [6.45, 7) is 14.8. The first kappa shape index (κ1) is 29.8. The largest absolute Gasteiger partial charge is 0.480 e. The highest BCUT2D eigenvalue weighted by molar-refractivity contribution is 7.85. The molecule has 8 heteroatoms. The maximum atomic E-state index is 11.7. The first-order chi connectivity index (χ1) is 10.7. The summed E-state index contributed by atoms with van der Waals surface area (Å²) in [6, 6.07) is 0. The minimum atomic E-state index is -4.16. The second kappa shape index (κ2) is 17.2. The standard InChI is InChI=1S/C9H17NO6S.3C2H6/c1-3-9(4-2,8(12)13)7(11)10-5-6-17(14,15)16;3*1-2/h3-6H2,1-2H3,(H,10,11)(H,12,13)(H,14,15,16);3*1-2H3. The van der Waals surface area contributed by atoms with E-state index >= 15 is 0 Å². The zero-order chi connectivity index (χ0) is 19.7. The Morgan fingerprint density at radius 2 is 1.30 bits per heavy atom. The van der Waals surface area contributed by atoms with Crippen molar-refractivity contribution in [2.75, 3.05) is 12.3 Å². The average molecular weight is 358 g/mol. The smallest absolute Gasteiger partial charge is 0.319 e. The molecule has 0 unspecified atom stereocenters. The quantitative estimate of drug-likeness (QED) is 0.476. The van der Waals surface area contributed by atoms with Crippen molar-refractivity contribution < 1.29 is 27.7 Å². The summed E-state index contributed by atoms with van der Waals surface area (Å²) < 4.78 is 29.3. The predicted molar refractivity (Wildman–Crippen MR) is 94.1 cm³/mol. The third-order valence-electron chi connectivity index (χ3n) is 2.70. The number of hydrogen-bond acceptors (Lipinski definition) is 4. The number of amides is 1. The van der Waals surface area contributed by atoms with Gasteiger partial charge in [0.1, 0.15) is 5.41 Å². The summed E-state index contributed by atoms with van der Waals surface area (Å²) in [4.78, 5) is 22.7. The molecule has 0 aliphatic carbocycles. The molecule has 0 fully saturated rings. The molecule has 0 aromatic carbocycles. The van der Waals surface area contributed by atoms with E-state index in [1.807, 2.05) is 41.5 Å². The van der Waals surface area contributed by atoms with Crippen LogP contribution >= 0.6 is 0 Å². The van der Waals surface area contributed by atoms with Gasteiger partial charge in [0, 0.05) is 6.54 Å². The van der Waals surface area contributed by atoms with Crippen LogP contribution in [0.25, 0.3) is 0 Å². The molecular weight excluding hydrogens is 322 g/mol. The fourth-order valence-electron chi connectivity index (χ4n) is 1.43. The van der Waals surface area contributed by atoms with Crippen molar-refractivity contribution in [2.45, 2.75) is 68.2 Å². The van der Waals surface area contributed by atoms with E-state index in [0.717, 1.165) is 0 Å². The Hall–Kier alpha value is -1.15. The van der Waals surface area contributed by atoms with Gasteiger partial charge in [-0.15, -0.1) is 0 Å². The Morgan fingerprint density at radius 1 is 0.957 bits per heavy atom. The molecule has 0 saturated carbocycles. The highest BCUT2D eigenvalue weighted by Gasteiger charge is 2.42. The van der Waals surface area contributed by atoms with Crippen molar-refractivity contribution in [2.24, 2.45) is 5.41 Å². The number of carbonyl (C=O) groups is 2. The molecular formula is C15H35NO6S. The van der Waals surface area contributed by atoms with Crippen LogP contribution in [0.3, 0.4) is 0 Å². The molecule has 0 aromatic rings. The van der Waals surface area contributed by atoms with Crippen LogP contribution in [0.4, 0.5) is 0 Å². The molecule has 0 heterocycles. The van der Waals surface area contributed by atoms with Crippen molar-refractivity contribution in [1.82, 2.24) is 5.32 Å². The summed E-state index contributed by atoms with van der Waals surface area (Å²) in [5.74, 6) is -2.62. The van der Waals surface area contributed by atoms with E-state index in [9.17, 15) is 18.0 Å². The zero-order valence-corrected chi connectivity index (χ0v) is 16.6. The summed E-state index contributed by atoms with van der Waals surface area (Å²) in [7, 11) is -4.16. The lowest BCUT2D eigenvalue weighted by molar-refractivity contribution is -0.156. The SMILES string of the molecule is CC.CC.CC.CCC(CC)(C(=O)O)C(=O)NCCS(=O)(=O)O. The van der Waals surface area contributed by atoms with Crippen molar-refractivity contribution in [3.8, 4) is 0 Å². The van der Waals surface area contributed by atoms with Gasteiger partial charge < -0.3 is 10.4 Å². The van der Waals surface area contributed by atoms with Gasteiger partial charge in [-0.25, -0.2) is 0 Å². The second-order valence-corrected chi connectivity index (χ2v) is 5.21. The normalized spacial score (nSPS) is 9.78. The Labute approximate surface area is 141 Å². The third-order valence-corrected chi connectivity index (χ3v) is 3.42. The summed E-state index contributed by atoms with van der Waals surface area (Å²) >= 11 is 0. The van der Waals surface area contributed by atoms with Crippen LogP contribution in [0.15, 0.2) is 0 Å². The van der Waals surface area contributed by atoms with Crippen LogP contribution in [0.5, 0.6) is 0 Å². The lowest BCUT2D eigenvalue weighted by atomic mass is 9.81. The molecule has 1 amide bonds. The topological polar surface area (TPSA) is 121 Å². The van der Waals surface area contributed by atoms with Crippen molar-refractivity contribution in [3.63, 3.8) is 0 Å². The van der Waals surface area contributed by atoms with Crippen LogP contribution in [-0.2, 0) is 19.7 Å². The van der Waals surface area contributed by atoms with Gasteiger partial charge in [-0.3, -0.25) is 14.1 Å². The molecule has 23 heavy (non-hydrogen) atoms. The van der Waals surface area contributed by atoms with Gasteiger partial charge in [0.15, 0.2) is 0 Å². The average Bonchev–Trinajstić information content (AvgIpc) is 2.53.